The third kappa shape index (κ3) is 5.69. The highest BCUT2D eigenvalue weighted by Crippen LogP contribution is 2.27. The lowest BCUT2D eigenvalue weighted by Crippen LogP contribution is -2.42. The van der Waals surface area contributed by atoms with Crippen molar-refractivity contribution in [2.45, 2.75) is 39.3 Å². The minimum absolute atomic E-state index is 0.295. The monoisotopic (exact) mass is 401 g/mol. The van der Waals surface area contributed by atoms with Crippen LogP contribution >= 0.6 is 11.3 Å². The Morgan fingerprint density at radius 2 is 2.14 bits per heavy atom. The first-order valence-corrected chi connectivity index (χ1v) is 10.8. The Morgan fingerprint density at radius 3 is 2.82 bits per heavy atom. The molecule has 1 atom stereocenters. The molecule has 1 unspecified atom stereocenters. The van der Waals surface area contributed by atoms with Gasteiger partial charge in [-0.1, -0.05) is 12.1 Å². The van der Waals surface area contributed by atoms with Crippen LogP contribution in [0.25, 0.3) is 0 Å². The molecule has 152 valence electrons. The van der Waals surface area contributed by atoms with E-state index in [1.54, 1.807) is 18.4 Å². The predicted octanol–water partition coefficient (Wildman–Crippen LogP) is 3.35. The summed E-state index contributed by atoms with van der Waals surface area (Å²) in [5.74, 6) is 1.74. The SMILES string of the molecule is CCNC(=NCc1ncc(C)s1)NCC(c1cccc(OC)c1)N1CCCC1. The van der Waals surface area contributed by atoms with Gasteiger partial charge in [-0.15, -0.1) is 11.3 Å². The molecule has 0 amide bonds. The van der Waals surface area contributed by atoms with Crippen molar-refractivity contribution in [3.8, 4) is 5.75 Å². The van der Waals surface area contributed by atoms with Crippen LogP contribution in [0.2, 0.25) is 0 Å². The second kappa shape index (κ2) is 10.4. The number of rotatable bonds is 8. The quantitative estimate of drug-likeness (QED) is 0.525. The molecule has 0 aliphatic carbocycles. The highest BCUT2D eigenvalue weighted by atomic mass is 32.1. The molecule has 1 aliphatic heterocycles. The molecule has 1 aliphatic rings. The molecular formula is C21H31N5OS. The summed E-state index contributed by atoms with van der Waals surface area (Å²) in [6.45, 7) is 8.66. The van der Waals surface area contributed by atoms with Crippen LogP contribution < -0.4 is 15.4 Å². The summed E-state index contributed by atoms with van der Waals surface area (Å²) < 4.78 is 5.44. The molecule has 2 aromatic rings. The number of ether oxygens (including phenoxy) is 1. The maximum atomic E-state index is 5.44. The van der Waals surface area contributed by atoms with Crippen molar-refractivity contribution in [2.24, 2.45) is 4.99 Å². The van der Waals surface area contributed by atoms with E-state index >= 15 is 0 Å². The number of nitrogens with zero attached hydrogens (tertiary/aromatic N) is 3. The van der Waals surface area contributed by atoms with Gasteiger partial charge in [0.2, 0.25) is 0 Å². The van der Waals surface area contributed by atoms with Crippen LogP contribution in [-0.4, -0.2) is 49.1 Å². The molecule has 7 heteroatoms. The van der Waals surface area contributed by atoms with Crippen molar-refractivity contribution in [1.29, 1.82) is 0 Å². The highest BCUT2D eigenvalue weighted by molar-refractivity contribution is 7.11. The van der Waals surface area contributed by atoms with Gasteiger partial charge in [-0.25, -0.2) is 9.98 Å². The molecular weight excluding hydrogens is 370 g/mol. The second-order valence-corrected chi connectivity index (χ2v) is 8.30. The minimum Gasteiger partial charge on any atom is -0.497 e. The number of aliphatic imine (C=N–C) groups is 1. The largest absolute Gasteiger partial charge is 0.497 e. The summed E-state index contributed by atoms with van der Waals surface area (Å²) in [5, 5.41) is 7.94. The molecule has 3 rings (SSSR count). The zero-order chi connectivity index (χ0) is 19.8. The van der Waals surface area contributed by atoms with E-state index in [0.29, 0.717) is 12.6 Å². The number of hydrogen-bond donors (Lipinski definition) is 2. The molecule has 0 radical (unpaired) electrons. The Balaban J connectivity index is 1.70. The summed E-state index contributed by atoms with van der Waals surface area (Å²) in [6, 6.07) is 8.70. The van der Waals surface area contributed by atoms with Crippen LogP contribution in [0.4, 0.5) is 0 Å². The van der Waals surface area contributed by atoms with Crippen molar-refractivity contribution < 1.29 is 4.74 Å². The Kier molecular flexibility index (Phi) is 7.68. The number of benzene rings is 1. The van der Waals surface area contributed by atoms with Gasteiger partial charge in [0.1, 0.15) is 10.8 Å². The summed E-state index contributed by atoms with van der Waals surface area (Å²) in [6.07, 6.45) is 4.43. The van der Waals surface area contributed by atoms with Gasteiger partial charge in [0.25, 0.3) is 0 Å². The first-order chi connectivity index (χ1) is 13.7. The number of likely N-dealkylation sites (tertiary alicyclic amines) is 1. The van der Waals surface area contributed by atoms with Crippen LogP contribution in [0, 0.1) is 6.92 Å². The molecule has 1 saturated heterocycles. The standard InChI is InChI=1S/C21H31N5OS/c1-4-22-21(25-15-20-23-13-16(2)28-20)24-14-19(26-10-5-6-11-26)17-8-7-9-18(12-17)27-3/h7-9,12-13,19H,4-6,10-11,14-15H2,1-3H3,(H2,22,24,25). The van der Waals surface area contributed by atoms with Gasteiger partial charge < -0.3 is 15.4 Å². The minimum atomic E-state index is 0.295. The molecule has 0 bridgehead atoms. The molecule has 1 aromatic carbocycles. The maximum absolute atomic E-state index is 5.44. The molecule has 6 nitrogen and oxygen atoms in total. The molecule has 28 heavy (non-hydrogen) atoms. The van der Waals surface area contributed by atoms with E-state index in [1.165, 1.54) is 23.3 Å². The average Bonchev–Trinajstić information content (AvgIpc) is 3.38. The summed E-state index contributed by atoms with van der Waals surface area (Å²) in [7, 11) is 1.72. The van der Waals surface area contributed by atoms with Gasteiger partial charge in [-0.3, -0.25) is 4.90 Å². The number of aryl methyl sites for hydroxylation is 1. The molecule has 2 N–H and O–H groups in total. The lowest BCUT2D eigenvalue weighted by molar-refractivity contribution is 0.245. The summed E-state index contributed by atoms with van der Waals surface area (Å²) in [4.78, 5) is 12.9. The normalized spacial score (nSPS) is 16.2. The molecule has 1 aromatic heterocycles. The van der Waals surface area contributed by atoms with Crippen molar-refractivity contribution in [3.05, 3.63) is 45.9 Å². The van der Waals surface area contributed by atoms with Crippen LogP contribution in [0.3, 0.4) is 0 Å². The molecule has 0 saturated carbocycles. The Bertz CT molecular complexity index is 770. The van der Waals surface area contributed by atoms with E-state index in [9.17, 15) is 0 Å². The van der Waals surface area contributed by atoms with Crippen LogP contribution in [0.1, 0.15) is 41.3 Å². The Morgan fingerprint density at radius 1 is 1.32 bits per heavy atom. The third-order valence-electron chi connectivity index (χ3n) is 4.91. The smallest absolute Gasteiger partial charge is 0.191 e. The zero-order valence-corrected chi connectivity index (χ0v) is 17.9. The number of nitrogens with one attached hydrogen (secondary N) is 2. The number of thiazole rings is 1. The van der Waals surface area contributed by atoms with Gasteiger partial charge >= 0.3 is 0 Å². The fourth-order valence-corrected chi connectivity index (χ4v) is 4.23. The molecule has 2 heterocycles. The van der Waals surface area contributed by atoms with Crippen molar-refractivity contribution in [1.82, 2.24) is 20.5 Å². The fourth-order valence-electron chi connectivity index (χ4n) is 3.52. The molecule has 1 fully saturated rings. The van der Waals surface area contributed by atoms with E-state index in [1.807, 2.05) is 12.3 Å². The Labute approximate surface area is 172 Å². The number of aromatic nitrogens is 1. The first kappa shape index (κ1) is 20.6. The van der Waals surface area contributed by atoms with Gasteiger partial charge in [-0.2, -0.15) is 0 Å². The zero-order valence-electron chi connectivity index (χ0n) is 17.1. The summed E-state index contributed by atoms with van der Waals surface area (Å²) in [5.41, 5.74) is 1.28. The van der Waals surface area contributed by atoms with E-state index in [0.717, 1.165) is 42.9 Å². The van der Waals surface area contributed by atoms with E-state index in [-0.39, 0.29) is 0 Å². The van der Waals surface area contributed by atoms with Gasteiger partial charge in [0.15, 0.2) is 5.96 Å². The first-order valence-electron chi connectivity index (χ1n) is 10.0. The Hall–Kier alpha value is -2.12. The predicted molar refractivity (Wildman–Crippen MR) is 116 cm³/mol. The lowest BCUT2D eigenvalue weighted by atomic mass is 10.1. The average molecular weight is 402 g/mol. The van der Waals surface area contributed by atoms with Crippen LogP contribution in [-0.2, 0) is 6.54 Å². The highest BCUT2D eigenvalue weighted by Gasteiger charge is 2.24. The summed E-state index contributed by atoms with van der Waals surface area (Å²) >= 11 is 1.70. The van der Waals surface area contributed by atoms with E-state index in [2.05, 4.69) is 52.6 Å². The number of guanidine groups is 1. The van der Waals surface area contributed by atoms with Gasteiger partial charge in [-0.05, 0) is 57.5 Å². The van der Waals surface area contributed by atoms with Crippen molar-refractivity contribution >= 4 is 17.3 Å². The van der Waals surface area contributed by atoms with E-state index in [4.69, 9.17) is 9.73 Å². The number of hydrogen-bond acceptors (Lipinski definition) is 5. The van der Waals surface area contributed by atoms with Crippen molar-refractivity contribution in [3.63, 3.8) is 0 Å². The lowest BCUT2D eigenvalue weighted by Gasteiger charge is -2.29. The topological polar surface area (TPSA) is 61.8 Å². The van der Waals surface area contributed by atoms with Gasteiger partial charge in [0.05, 0.1) is 19.7 Å². The van der Waals surface area contributed by atoms with E-state index < -0.39 is 0 Å². The fraction of sp³-hybridized carbons (Fsp3) is 0.524. The van der Waals surface area contributed by atoms with Gasteiger partial charge in [0, 0.05) is 24.2 Å². The second-order valence-electron chi connectivity index (χ2n) is 6.98. The third-order valence-corrected chi connectivity index (χ3v) is 5.81. The van der Waals surface area contributed by atoms with Crippen molar-refractivity contribution in [2.75, 3.05) is 33.3 Å². The van der Waals surface area contributed by atoms with Crippen LogP contribution in [0.15, 0.2) is 35.5 Å². The molecule has 0 spiro atoms. The maximum Gasteiger partial charge on any atom is 0.191 e. The van der Waals surface area contributed by atoms with Crippen LogP contribution in [0.5, 0.6) is 5.75 Å². The number of methoxy groups -OCH3 is 1.